The van der Waals surface area contributed by atoms with Gasteiger partial charge in [-0.25, -0.2) is 0 Å². The molecule has 21 heavy (non-hydrogen) atoms. The van der Waals surface area contributed by atoms with Crippen molar-refractivity contribution >= 4 is 46.4 Å². The van der Waals surface area contributed by atoms with Gasteiger partial charge in [-0.3, -0.25) is 10.1 Å². The number of rotatable bonds is 5. The van der Waals surface area contributed by atoms with E-state index in [9.17, 15) is 4.79 Å². The molecule has 1 amide bonds. The molecule has 0 unspecified atom stereocenters. The number of furan rings is 1. The lowest BCUT2D eigenvalue weighted by Gasteiger charge is -2.13. The van der Waals surface area contributed by atoms with Gasteiger partial charge in [0.2, 0.25) is 5.91 Å². The normalized spacial score (nSPS) is 12.2. The Morgan fingerprint density at radius 2 is 1.95 bits per heavy atom. The van der Waals surface area contributed by atoms with Gasteiger partial charge in [-0.1, -0.05) is 34.8 Å². The van der Waals surface area contributed by atoms with Crippen LogP contribution < -0.4 is 10.6 Å². The van der Waals surface area contributed by atoms with Crippen LogP contribution in [0.25, 0.3) is 0 Å². The first-order valence-corrected chi connectivity index (χ1v) is 7.32. The van der Waals surface area contributed by atoms with E-state index in [2.05, 4.69) is 10.6 Å². The number of nitrogens with one attached hydrogen (secondary N) is 2. The molecule has 112 valence electrons. The summed E-state index contributed by atoms with van der Waals surface area (Å²) in [5.41, 5.74) is 0.347. The van der Waals surface area contributed by atoms with E-state index in [0.29, 0.717) is 20.8 Å². The minimum atomic E-state index is -0.264. The van der Waals surface area contributed by atoms with Gasteiger partial charge in [-0.15, -0.1) is 0 Å². The van der Waals surface area contributed by atoms with Crippen LogP contribution in [0.3, 0.4) is 0 Å². The molecule has 0 saturated heterocycles. The monoisotopic (exact) mass is 346 g/mol. The summed E-state index contributed by atoms with van der Waals surface area (Å²) in [5, 5.41) is 6.68. The molecule has 2 rings (SSSR count). The van der Waals surface area contributed by atoms with Crippen LogP contribution in [0.4, 0.5) is 5.69 Å². The fourth-order valence-corrected chi connectivity index (χ4v) is 2.64. The Hall–Kier alpha value is -1.20. The molecule has 0 saturated carbocycles. The molecule has 2 N–H and O–H groups in total. The van der Waals surface area contributed by atoms with Gasteiger partial charge in [-0.05, 0) is 31.2 Å². The predicted molar refractivity (Wildman–Crippen MR) is 85.2 cm³/mol. The maximum Gasteiger partial charge on any atom is 0.238 e. The Morgan fingerprint density at radius 3 is 2.52 bits per heavy atom. The van der Waals surface area contributed by atoms with Crippen molar-refractivity contribution in [3.05, 3.63) is 51.4 Å². The Labute approximate surface area is 137 Å². The van der Waals surface area contributed by atoms with Crippen LogP contribution in [-0.2, 0) is 4.79 Å². The Balaban J connectivity index is 1.93. The maximum absolute atomic E-state index is 11.9. The maximum atomic E-state index is 11.9. The largest absolute Gasteiger partial charge is 0.468 e. The number of halogens is 3. The molecule has 1 heterocycles. The fraction of sp³-hybridized carbons (Fsp3) is 0.214. The van der Waals surface area contributed by atoms with E-state index in [1.807, 2.05) is 13.0 Å². The number of hydrogen-bond donors (Lipinski definition) is 2. The van der Waals surface area contributed by atoms with Crippen LogP contribution in [0.5, 0.6) is 0 Å². The lowest BCUT2D eigenvalue weighted by atomic mass is 10.2. The zero-order chi connectivity index (χ0) is 15.4. The zero-order valence-corrected chi connectivity index (χ0v) is 13.4. The van der Waals surface area contributed by atoms with E-state index < -0.39 is 0 Å². The quantitative estimate of drug-likeness (QED) is 0.835. The van der Waals surface area contributed by atoms with Crippen molar-refractivity contribution in [1.29, 1.82) is 0 Å². The second-order valence-electron chi connectivity index (χ2n) is 4.41. The number of carbonyl (C=O) groups is 1. The second kappa shape index (κ2) is 7.18. The van der Waals surface area contributed by atoms with Gasteiger partial charge in [0.1, 0.15) is 5.76 Å². The first-order valence-electron chi connectivity index (χ1n) is 6.18. The number of benzene rings is 1. The molecule has 0 spiro atoms. The third-order valence-electron chi connectivity index (χ3n) is 2.81. The van der Waals surface area contributed by atoms with Crippen LogP contribution >= 0.6 is 34.8 Å². The van der Waals surface area contributed by atoms with Crippen molar-refractivity contribution < 1.29 is 9.21 Å². The van der Waals surface area contributed by atoms with Gasteiger partial charge < -0.3 is 9.73 Å². The summed E-state index contributed by atoms with van der Waals surface area (Å²) in [6, 6.07) is 6.58. The van der Waals surface area contributed by atoms with Crippen molar-refractivity contribution in [1.82, 2.24) is 5.32 Å². The van der Waals surface area contributed by atoms with E-state index in [-0.39, 0.29) is 18.5 Å². The first-order chi connectivity index (χ1) is 9.97. The van der Waals surface area contributed by atoms with Crippen LogP contribution in [0, 0.1) is 0 Å². The third kappa shape index (κ3) is 4.38. The standard InChI is InChI=1S/C14H13Cl3N2O2/c1-8(12-3-2-4-21-12)18-7-13(20)19-14-10(16)5-9(15)6-11(14)17/h2-6,8,18H,7H2,1H3,(H,19,20)/t8-/m1/s1. The summed E-state index contributed by atoms with van der Waals surface area (Å²) in [4.78, 5) is 11.9. The summed E-state index contributed by atoms with van der Waals surface area (Å²) < 4.78 is 5.25. The molecule has 0 fully saturated rings. The highest BCUT2D eigenvalue weighted by molar-refractivity contribution is 6.42. The molecule has 0 aliphatic heterocycles. The molecule has 0 bridgehead atoms. The molecule has 0 radical (unpaired) electrons. The molecule has 1 atom stereocenters. The minimum Gasteiger partial charge on any atom is -0.468 e. The third-order valence-corrected chi connectivity index (χ3v) is 3.62. The van der Waals surface area contributed by atoms with Crippen LogP contribution in [-0.4, -0.2) is 12.5 Å². The summed E-state index contributed by atoms with van der Waals surface area (Å²) in [5.74, 6) is 0.491. The summed E-state index contributed by atoms with van der Waals surface area (Å²) in [6.45, 7) is 1.99. The molecule has 1 aromatic heterocycles. The second-order valence-corrected chi connectivity index (χ2v) is 5.66. The highest BCUT2D eigenvalue weighted by Gasteiger charge is 2.13. The minimum absolute atomic E-state index is 0.0816. The van der Waals surface area contributed by atoms with E-state index >= 15 is 0 Å². The molecule has 1 aromatic carbocycles. The molecule has 4 nitrogen and oxygen atoms in total. The Kier molecular flexibility index (Phi) is 5.53. The average Bonchev–Trinajstić information content (AvgIpc) is 2.94. The molecule has 2 aromatic rings. The van der Waals surface area contributed by atoms with Gasteiger partial charge in [0.25, 0.3) is 0 Å². The molecule has 0 aliphatic rings. The summed E-state index contributed by atoms with van der Waals surface area (Å²) in [6.07, 6.45) is 1.58. The smallest absolute Gasteiger partial charge is 0.238 e. The van der Waals surface area contributed by atoms with Crippen LogP contribution in [0.15, 0.2) is 34.9 Å². The van der Waals surface area contributed by atoms with Gasteiger partial charge >= 0.3 is 0 Å². The highest BCUT2D eigenvalue weighted by Crippen LogP contribution is 2.33. The number of hydrogen-bond acceptors (Lipinski definition) is 3. The average molecular weight is 348 g/mol. The van der Waals surface area contributed by atoms with Crippen LogP contribution in [0.1, 0.15) is 18.7 Å². The van der Waals surface area contributed by atoms with Crippen LogP contribution in [0.2, 0.25) is 15.1 Å². The zero-order valence-electron chi connectivity index (χ0n) is 11.1. The molecular weight excluding hydrogens is 335 g/mol. The Morgan fingerprint density at radius 1 is 1.29 bits per heavy atom. The number of amides is 1. The van der Waals surface area contributed by atoms with E-state index in [4.69, 9.17) is 39.2 Å². The number of carbonyl (C=O) groups excluding carboxylic acids is 1. The van der Waals surface area contributed by atoms with Crippen molar-refractivity contribution in [3.63, 3.8) is 0 Å². The van der Waals surface area contributed by atoms with Gasteiger partial charge in [-0.2, -0.15) is 0 Å². The number of anilines is 1. The Bertz CT molecular complexity index is 606. The highest BCUT2D eigenvalue weighted by atomic mass is 35.5. The summed E-state index contributed by atoms with van der Waals surface area (Å²) in [7, 11) is 0. The van der Waals surface area contributed by atoms with Crippen molar-refractivity contribution in [2.24, 2.45) is 0 Å². The summed E-state index contributed by atoms with van der Waals surface area (Å²) >= 11 is 17.8. The van der Waals surface area contributed by atoms with Crippen molar-refractivity contribution in [3.8, 4) is 0 Å². The van der Waals surface area contributed by atoms with Gasteiger partial charge in [0.05, 0.1) is 34.6 Å². The lowest BCUT2D eigenvalue weighted by molar-refractivity contribution is -0.115. The van der Waals surface area contributed by atoms with E-state index in [1.165, 1.54) is 12.1 Å². The lowest BCUT2D eigenvalue weighted by Crippen LogP contribution is -2.30. The molecular formula is C14H13Cl3N2O2. The fourth-order valence-electron chi connectivity index (χ4n) is 1.73. The van der Waals surface area contributed by atoms with E-state index in [1.54, 1.807) is 12.3 Å². The van der Waals surface area contributed by atoms with Crippen molar-refractivity contribution in [2.45, 2.75) is 13.0 Å². The van der Waals surface area contributed by atoms with Crippen molar-refractivity contribution in [2.75, 3.05) is 11.9 Å². The topological polar surface area (TPSA) is 54.3 Å². The SMILES string of the molecule is C[C@@H](NCC(=O)Nc1c(Cl)cc(Cl)cc1Cl)c1ccco1. The predicted octanol–water partition coefficient (Wildman–Crippen LogP) is 4.53. The molecule has 0 aliphatic carbocycles. The first kappa shape index (κ1) is 16.2. The molecule has 7 heteroatoms. The van der Waals surface area contributed by atoms with E-state index in [0.717, 1.165) is 5.76 Å². The van der Waals surface area contributed by atoms with Gasteiger partial charge in [0, 0.05) is 5.02 Å². The van der Waals surface area contributed by atoms with Gasteiger partial charge in [0.15, 0.2) is 0 Å².